The number of ether oxygens (including phenoxy) is 1. The van der Waals surface area contributed by atoms with E-state index in [1.807, 2.05) is 0 Å². The Hall–Kier alpha value is -3.34. The normalized spacial score (nSPS) is 11.2. The number of halogens is 1. The predicted molar refractivity (Wildman–Crippen MR) is 95.7 cm³/mol. The first kappa shape index (κ1) is 19.4. The van der Waals surface area contributed by atoms with Crippen molar-refractivity contribution in [2.45, 2.75) is 18.4 Å². The van der Waals surface area contributed by atoms with E-state index in [1.54, 1.807) is 13.1 Å². The smallest absolute Gasteiger partial charge is 0.283 e. The number of amides is 1. The van der Waals surface area contributed by atoms with Crippen molar-refractivity contribution in [3.8, 4) is 5.75 Å². The molecule has 0 fully saturated rings. The van der Waals surface area contributed by atoms with E-state index in [0.29, 0.717) is 9.78 Å². The Morgan fingerprint density at radius 2 is 2.04 bits per heavy atom. The van der Waals surface area contributed by atoms with Gasteiger partial charge in [-0.05, 0) is 31.2 Å². The van der Waals surface area contributed by atoms with E-state index >= 15 is 0 Å². The number of rotatable bonds is 6. The number of carbonyl (C=O) groups excluding carboxylic acids is 1. The Morgan fingerprint density at radius 3 is 2.68 bits per heavy atom. The summed E-state index contributed by atoms with van der Waals surface area (Å²) in [6.07, 6.45) is 4.20. The maximum absolute atomic E-state index is 13.8. The standard InChI is InChI=1S/C17H16FN5O4S/c1-11-8-20-12(9-19-11)10-21-17(24)15-5-6-23(22-15)28(25,26)13-3-4-16(27-2)14(18)7-13/h3-9H,10H2,1-2H3,(H,21,24). The highest BCUT2D eigenvalue weighted by atomic mass is 32.2. The average molecular weight is 405 g/mol. The lowest BCUT2D eigenvalue weighted by atomic mass is 10.3. The van der Waals surface area contributed by atoms with E-state index in [-0.39, 0.29) is 22.9 Å². The van der Waals surface area contributed by atoms with E-state index in [2.05, 4.69) is 20.4 Å². The molecule has 3 rings (SSSR count). The van der Waals surface area contributed by atoms with Crippen LogP contribution in [-0.2, 0) is 16.6 Å². The number of aromatic nitrogens is 4. The second-order valence-electron chi connectivity index (χ2n) is 5.71. The molecule has 1 N–H and O–H groups in total. The predicted octanol–water partition coefficient (Wildman–Crippen LogP) is 1.30. The lowest BCUT2D eigenvalue weighted by molar-refractivity contribution is 0.0945. The maximum atomic E-state index is 13.8. The van der Waals surface area contributed by atoms with Gasteiger partial charge in [0.05, 0.1) is 36.1 Å². The summed E-state index contributed by atoms with van der Waals surface area (Å²) >= 11 is 0. The van der Waals surface area contributed by atoms with Crippen LogP contribution >= 0.6 is 0 Å². The van der Waals surface area contributed by atoms with Crippen LogP contribution < -0.4 is 10.1 Å². The van der Waals surface area contributed by atoms with E-state index < -0.39 is 21.7 Å². The lowest BCUT2D eigenvalue weighted by Crippen LogP contribution is -2.24. The second-order valence-corrected chi connectivity index (χ2v) is 7.50. The molecule has 9 nitrogen and oxygen atoms in total. The van der Waals surface area contributed by atoms with Crippen LogP contribution in [0.1, 0.15) is 21.9 Å². The first-order valence-corrected chi connectivity index (χ1v) is 9.46. The van der Waals surface area contributed by atoms with Crippen molar-refractivity contribution in [3.05, 3.63) is 65.8 Å². The van der Waals surface area contributed by atoms with Gasteiger partial charge in [-0.3, -0.25) is 14.8 Å². The molecule has 0 unspecified atom stereocenters. The van der Waals surface area contributed by atoms with Crippen molar-refractivity contribution < 1.29 is 22.3 Å². The number of nitrogens with zero attached hydrogens (tertiary/aromatic N) is 4. The van der Waals surface area contributed by atoms with Crippen molar-refractivity contribution in [3.63, 3.8) is 0 Å². The molecule has 28 heavy (non-hydrogen) atoms. The minimum atomic E-state index is -4.16. The number of benzene rings is 1. The molecule has 1 amide bonds. The largest absolute Gasteiger partial charge is 0.494 e. The Balaban J connectivity index is 1.75. The van der Waals surface area contributed by atoms with E-state index in [9.17, 15) is 17.6 Å². The average Bonchev–Trinajstić information content (AvgIpc) is 3.18. The molecule has 0 saturated heterocycles. The minimum Gasteiger partial charge on any atom is -0.494 e. The number of aryl methyl sites for hydroxylation is 1. The number of carbonyl (C=O) groups is 1. The highest BCUT2D eigenvalue weighted by Crippen LogP contribution is 2.22. The minimum absolute atomic E-state index is 0.0845. The van der Waals surface area contributed by atoms with Gasteiger partial charge in [-0.2, -0.15) is 17.6 Å². The molecular formula is C17H16FN5O4S. The van der Waals surface area contributed by atoms with Crippen molar-refractivity contribution >= 4 is 15.9 Å². The van der Waals surface area contributed by atoms with Crippen molar-refractivity contribution in [2.24, 2.45) is 0 Å². The van der Waals surface area contributed by atoms with Crippen LogP contribution in [0.4, 0.5) is 4.39 Å². The molecule has 11 heteroatoms. The first-order chi connectivity index (χ1) is 13.3. The summed E-state index contributed by atoms with van der Waals surface area (Å²) in [7, 11) is -2.89. The Morgan fingerprint density at radius 1 is 1.25 bits per heavy atom. The maximum Gasteiger partial charge on any atom is 0.283 e. The number of nitrogens with one attached hydrogen (secondary N) is 1. The molecule has 2 heterocycles. The Kier molecular flexibility index (Phi) is 5.36. The third-order valence-corrected chi connectivity index (χ3v) is 5.28. The lowest BCUT2D eigenvalue weighted by Gasteiger charge is -2.07. The third-order valence-electron chi connectivity index (χ3n) is 3.73. The Bertz CT molecular complexity index is 1110. The summed E-state index contributed by atoms with van der Waals surface area (Å²) in [5.74, 6) is -1.50. The van der Waals surface area contributed by atoms with Gasteiger partial charge in [0.1, 0.15) is 0 Å². The highest BCUT2D eigenvalue weighted by molar-refractivity contribution is 7.89. The number of hydrogen-bond donors (Lipinski definition) is 1. The fourth-order valence-electron chi connectivity index (χ4n) is 2.25. The molecule has 0 aliphatic heterocycles. The van der Waals surface area contributed by atoms with Crippen LogP contribution in [-0.4, -0.2) is 40.6 Å². The second kappa shape index (κ2) is 7.72. The van der Waals surface area contributed by atoms with Gasteiger partial charge in [-0.1, -0.05) is 0 Å². The quantitative estimate of drug-likeness (QED) is 0.657. The van der Waals surface area contributed by atoms with Gasteiger partial charge < -0.3 is 10.1 Å². The zero-order valence-corrected chi connectivity index (χ0v) is 15.8. The molecule has 0 aliphatic carbocycles. The monoisotopic (exact) mass is 405 g/mol. The van der Waals surface area contributed by atoms with Crippen LogP contribution in [0, 0.1) is 12.7 Å². The summed E-state index contributed by atoms with van der Waals surface area (Å²) in [4.78, 5) is 20.0. The highest BCUT2D eigenvalue weighted by Gasteiger charge is 2.21. The van der Waals surface area contributed by atoms with Crippen LogP contribution in [0.5, 0.6) is 5.75 Å². The van der Waals surface area contributed by atoms with Gasteiger partial charge in [0.15, 0.2) is 17.3 Å². The van der Waals surface area contributed by atoms with Crippen LogP contribution in [0.25, 0.3) is 0 Å². The van der Waals surface area contributed by atoms with Crippen LogP contribution in [0.15, 0.2) is 47.8 Å². The summed E-state index contributed by atoms with van der Waals surface area (Å²) < 4.78 is 44.3. The molecule has 1 aromatic carbocycles. The fourth-order valence-corrected chi connectivity index (χ4v) is 3.37. The topological polar surface area (TPSA) is 116 Å². The van der Waals surface area contributed by atoms with Crippen LogP contribution in [0.3, 0.4) is 0 Å². The summed E-state index contributed by atoms with van der Waals surface area (Å²) in [5.41, 5.74) is 1.17. The molecule has 0 atom stereocenters. The number of hydrogen-bond acceptors (Lipinski definition) is 7. The molecule has 146 valence electrons. The summed E-state index contributed by atoms with van der Waals surface area (Å²) in [5, 5.41) is 6.36. The number of methoxy groups -OCH3 is 1. The summed E-state index contributed by atoms with van der Waals surface area (Å²) in [6, 6.07) is 4.45. The van der Waals surface area contributed by atoms with E-state index in [0.717, 1.165) is 18.0 Å². The Labute approximate surface area is 160 Å². The molecule has 3 aromatic rings. The van der Waals surface area contributed by atoms with Gasteiger partial charge in [-0.25, -0.2) is 4.39 Å². The first-order valence-electron chi connectivity index (χ1n) is 8.02. The van der Waals surface area contributed by atoms with Gasteiger partial charge in [0.2, 0.25) is 0 Å². The third kappa shape index (κ3) is 3.98. The molecule has 0 spiro atoms. The zero-order chi connectivity index (χ0) is 20.3. The SMILES string of the molecule is COc1ccc(S(=O)(=O)n2ccc(C(=O)NCc3cnc(C)cn3)n2)cc1F. The van der Waals surface area contributed by atoms with Gasteiger partial charge >= 0.3 is 0 Å². The molecular weight excluding hydrogens is 389 g/mol. The zero-order valence-electron chi connectivity index (χ0n) is 15.0. The summed E-state index contributed by atoms with van der Waals surface area (Å²) in [6.45, 7) is 1.90. The van der Waals surface area contributed by atoms with Crippen molar-refractivity contribution in [1.82, 2.24) is 24.5 Å². The van der Waals surface area contributed by atoms with Crippen molar-refractivity contribution in [1.29, 1.82) is 0 Å². The van der Waals surface area contributed by atoms with Gasteiger partial charge in [-0.15, -0.1) is 0 Å². The molecule has 0 aliphatic rings. The van der Waals surface area contributed by atoms with Gasteiger partial charge in [0, 0.05) is 12.4 Å². The van der Waals surface area contributed by atoms with Gasteiger partial charge in [0.25, 0.3) is 15.9 Å². The molecule has 0 radical (unpaired) electrons. The van der Waals surface area contributed by atoms with Crippen molar-refractivity contribution in [2.75, 3.05) is 7.11 Å². The molecule has 0 bridgehead atoms. The fraction of sp³-hybridized carbons (Fsp3) is 0.176. The van der Waals surface area contributed by atoms with E-state index in [4.69, 9.17) is 4.74 Å². The molecule has 0 saturated carbocycles. The molecule has 2 aromatic heterocycles. The van der Waals surface area contributed by atoms with Crippen LogP contribution in [0.2, 0.25) is 0 Å². The van der Waals surface area contributed by atoms with E-state index in [1.165, 1.54) is 31.5 Å².